The highest BCUT2D eigenvalue weighted by Gasteiger charge is 2.36. The first-order chi connectivity index (χ1) is 26.5. The van der Waals surface area contributed by atoms with E-state index in [9.17, 15) is 35.9 Å². The summed E-state index contributed by atoms with van der Waals surface area (Å²) in [5, 5.41) is 3.35. The van der Waals surface area contributed by atoms with Crippen LogP contribution in [0.3, 0.4) is 0 Å². The predicted molar refractivity (Wildman–Crippen MR) is 212 cm³/mol. The van der Waals surface area contributed by atoms with E-state index < -0.39 is 35.0 Å². The molecule has 57 heavy (non-hydrogen) atoms. The molecule has 6 rings (SSSR count). The number of hydrogen-bond acceptors (Lipinski definition) is 6. The minimum atomic E-state index is -4.52. The number of carbonyl (C=O) groups excluding carboxylic acids is 2. The van der Waals surface area contributed by atoms with Crippen molar-refractivity contribution in [2.45, 2.75) is 69.5 Å². The van der Waals surface area contributed by atoms with Crippen LogP contribution in [0.5, 0.6) is 11.5 Å². The van der Waals surface area contributed by atoms with E-state index >= 15 is 0 Å². The van der Waals surface area contributed by atoms with E-state index in [1.807, 2.05) is 60.7 Å². The average molecular weight is 819 g/mol. The van der Waals surface area contributed by atoms with E-state index in [4.69, 9.17) is 9.47 Å². The topological polar surface area (TPSA) is 67.9 Å². The van der Waals surface area contributed by atoms with Crippen molar-refractivity contribution in [3.63, 3.8) is 0 Å². The van der Waals surface area contributed by atoms with Crippen molar-refractivity contribution in [1.29, 1.82) is 0 Å². The van der Waals surface area contributed by atoms with Crippen LogP contribution in [0.15, 0.2) is 122 Å². The third-order valence-electron chi connectivity index (χ3n) is 9.66. The van der Waals surface area contributed by atoms with Gasteiger partial charge < -0.3 is 19.7 Å². The number of Topliss-reactive ketones (excluding diaryl/α,β-unsaturated/α-hetero) is 1. The smallest absolute Gasteiger partial charge is 0.417 e. The van der Waals surface area contributed by atoms with Crippen molar-refractivity contribution in [2.75, 3.05) is 32.7 Å². The van der Waals surface area contributed by atoms with Crippen LogP contribution < -0.4 is 14.8 Å². The van der Waals surface area contributed by atoms with Crippen LogP contribution in [0.4, 0.5) is 26.3 Å². The number of rotatable bonds is 10. The van der Waals surface area contributed by atoms with E-state index in [1.54, 1.807) is 0 Å². The third kappa shape index (κ3) is 14.7. The molecule has 0 aliphatic carbocycles. The van der Waals surface area contributed by atoms with Crippen LogP contribution in [0.2, 0.25) is 0 Å². The molecular formula is C44H49ClF6N2O4. The van der Waals surface area contributed by atoms with Crippen molar-refractivity contribution in [1.82, 2.24) is 10.2 Å². The first kappa shape index (κ1) is 46.7. The Morgan fingerprint density at radius 3 is 1.53 bits per heavy atom. The van der Waals surface area contributed by atoms with Crippen LogP contribution in [-0.2, 0) is 12.4 Å². The van der Waals surface area contributed by atoms with Gasteiger partial charge in [-0.25, -0.2) is 0 Å². The second-order valence-corrected chi connectivity index (χ2v) is 14.1. The number of carbonyl (C=O) groups is 2. The van der Waals surface area contributed by atoms with Gasteiger partial charge in [-0.05, 0) is 95.1 Å². The fraction of sp³-hybridized carbons (Fsp3) is 0.364. The van der Waals surface area contributed by atoms with Crippen molar-refractivity contribution >= 4 is 24.0 Å². The summed E-state index contributed by atoms with van der Waals surface area (Å²) in [5.74, 6) is 0.619. The van der Waals surface area contributed by atoms with Gasteiger partial charge in [0.05, 0.1) is 11.1 Å². The zero-order valence-electron chi connectivity index (χ0n) is 32.0. The minimum absolute atomic E-state index is 0. The zero-order chi connectivity index (χ0) is 40.8. The van der Waals surface area contributed by atoms with Gasteiger partial charge in [-0.1, -0.05) is 79.4 Å². The quantitative estimate of drug-likeness (QED) is 0.0977. The van der Waals surface area contributed by atoms with Gasteiger partial charge in [0.25, 0.3) is 0 Å². The number of likely N-dealkylation sites (tertiary alicyclic amines) is 1. The number of nitrogens with one attached hydrogen (secondary N) is 1. The van der Waals surface area contributed by atoms with Gasteiger partial charge in [-0.3, -0.25) is 9.59 Å². The zero-order valence-corrected chi connectivity index (χ0v) is 32.8. The maximum absolute atomic E-state index is 13.1. The van der Waals surface area contributed by atoms with Gasteiger partial charge in [0.1, 0.15) is 22.7 Å². The SMILES string of the molecule is C=CC(=O)c1ccccc1C(F)(F)F.CC1(Oc2ccccc2)CCN(CCC(=O)c2ccccc2C(F)(F)F)CC1.CC1(Oc2ccccc2)CCNCC1.Cl. The van der Waals surface area contributed by atoms with E-state index in [1.165, 1.54) is 30.3 Å². The highest BCUT2D eigenvalue weighted by molar-refractivity contribution is 6.05. The number of ether oxygens (including phenoxy) is 2. The number of halogens is 7. The highest BCUT2D eigenvalue weighted by atomic mass is 35.5. The minimum Gasteiger partial charge on any atom is -0.487 e. The lowest BCUT2D eigenvalue weighted by Crippen LogP contribution is -2.46. The summed E-state index contributed by atoms with van der Waals surface area (Å²) in [7, 11) is 0. The predicted octanol–water partition coefficient (Wildman–Crippen LogP) is 10.9. The summed E-state index contributed by atoms with van der Waals surface area (Å²) in [6.45, 7) is 11.5. The second kappa shape index (κ2) is 21.2. The van der Waals surface area contributed by atoms with Gasteiger partial charge >= 0.3 is 12.4 Å². The number of alkyl halides is 6. The molecule has 0 aromatic heterocycles. The molecule has 0 unspecified atom stereocenters. The molecule has 6 nitrogen and oxygen atoms in total. The lowest BCUT2D eigenvalue weighted by Gasteiger charge is -2.39. The van der Waals surface area contributed by atoms with Crippen LogP contribution in [0.1, 0.15) is 77.8 Å². The molecule has 2 heterocycles. The molecule has 4 aromatic carbocycles. The van der Waals surface area contributed by atoms with Gasteiger partial charge in [0.2, 0.25) is 0 Å². The molecule has 308 valence electrons. The number of ketones is 2. The molecule has 0 spiro atoms. The molecule has 0 amide bonds. The third-order valence-corrected chi connectivity index (χ3v) is 9.66. The fourth-order valence-electron chi connectivity index (χ4n) is 6.38. The Bertz CT molecular complexity index is 1860. The van der Waals surface area contributed by atoms with Crippen LogP contribution in [-0.4, -0.2) is 60.4 Å². The van der Waals surface area contributed by atoms with Crippen molar-refractivity contribution in [3.8, 4) is 11.5 Å². The molecule has 2 saturated heterocycles. The average Bonchev–Trinajstić information content (AvgIpc) is 3.18. The first-order valence-corrected chi connectivity index (χ1v) is 18.5. The Morgan fingerprint density at radius 2 is 1.07 bits per heavy atom. The molecule has 0 saturated carbocycles. The summed E-state index contributed by atoms with van der Waals surface area (Å²) in [4.78, 5) is 25.6. The largest absolute Gasteiger partial charge is 0.487 e. The molecule has 0 radical (unpaired) electrons. The fourth-order valence-corrected chi connectivity index (χ4v) is 6.38. The molecule has 2 aliphatic heterocycles. The molecule has 2 aliphatic rings. The van der Waals surface area contributed by atoms with E-state index in [0.717, 1.165) is 87.6 Å². The van der Waals surface area contributed by atoms with Gasteiger partial charge in [-0.15, -0.1) is 12.4 Å². The van der Waals surface area contributed by atoms with Crippen molar-refractivity contribution in [2.24, 2.45) is 0 Å². The van der Waals surface area contributed by atoms with E-state index in [2.05, 4.69) is 30.6 Å². The summed E-state index contributed by atoms with van der Waals surface area (Å²) in [5.41, 5.74) is -2.65. The van der Waals surface area contributed by atoms with Gasteiger partial charge in [0, 0.05) is 37.2 Å². The number of allylic oxidation sites excluding steroid dienone is 1. The Kier molecular flexibility index (Phi) is 17.4. The highest BCUT2D eigenvalue weighted by Crippen LogP contribution is 2.34. The summed E-state index contributed by atoms with van der Waals surface area (Å²) in [6.07, 6.45) is -4.31. The van der Waals surface area contributed by atoms with Gasteiger partial charge in [0.15, 0.2) is 11.6 Å². The summed E-state index contributed by atoms with van der Waals surface area (Å²) >= 11 is 0. The molecule has 0 atom stereocenters. The number of hydrogen-bond donors (Lipinski definition) is 1. The Hall–Kier alpha value is -4.65. The normalized spacial score (nSPS) is 16.2. The number of nitrogens with zero attached hydrogens (tertiary/aromatic N) is 1. The Labute approximate surface area is 336 Å². The maximum atomic E-state index is 13.1. The standard InChI is InChI=1S/C22H24F3NO2.C12H17NO.C10H7F3O.ClH/c1-21(28-17-7-3-2-4-8-17)12-15-26(16-13-21)14-11-20(27)18-9-5-6-10-19(18)22(23,24)25;1-12(7-9-13-10-8-12)14-11-5-3-2-4-6-11;1-2-9(14)7-5-3-4-6-8(7)10(11,12)13;/h2-10H,11-16H2,1H3;2-6,13H,7-10H2,1H3;2-6H,1H2;1H. The van der Waals surface area contributed by atoms with Crippen LogP contribution >= 0.6 is 12.4 Å². The molecular weight excluding hydrogens is 770 g/mol. The summed E-state index contributed by atoms with van der Waals surface area (Å²) in [6, 6.07) is 29.3. The van der Waals surface area contributed by atoms with Gasteiger partial charge in [-0.2, -0.15) is 26.3 Å². The number of para-hydroxylation sites is 2. The summed E-state index contributed by atoms with van der Waals surface area (Å²) < 4.78 is 88.5. The molecule has 1 N–H and O–H groups in total. The van der Waals surface area contributed by atoms with Crippen molar-refractivity contribution < 1.29 is 45.4 Å². The second-order valence-electron chi connectivity index (χ2n) is 14.1. The molecule has 2 fully saturated rings. The lowest BCUT2D eigenvalue weighted by molar-refractivity contribution is -0.138. The molecule has 4 aromatic rings. The number of benzene rings is 4. The molecule has 13 heteroatoms. The monoisotopic (exact) mass is 818 g/mol. The Morgan fingerprint density at radius 1 is 0.667 bits per heavy atom. The first-order valence-electron chi connectivity index (χ1n) is 18.5. The van der Waals surface area contributed by atoms with Crippen LogP contribution in [0.25, 0.3) is 0 Å². The number of piperidine rings is 2. The van der Waals surface area contributed by atoms with E-state index in [-0.39, 0.29) is 41.2 Å². The van der Waals surface area contributed by atoms with Crippen LogP contribution in [0, 0.1) is 0 Å². The lowest BCUT2D eigenvalue weighted by atomic mass is 9.92. The molecule has 0 bridgehead atoms. The Balaban J connectivity index is 0.000000252. The van der Waals surface area contributed by atoms with E-state index in [0.29, 0.717) is 6.54 Å². The van der Waals surface area contributed by atoms with Crippen molar-refractivity contribution in [3.05, 3.63) is 144 Å². The maximum Gasteiger partial charge on any atom is 0.417 e.